The van der Waals surface area contributed by atoms with Crippen LogP contribution in [-0.4, -0.2) is 38.5 Å². The number of aromatic amines is 2. The minimum Gasteiger partial charge on any atom is -0.394 e. The van der Waals surface area contributed by atoms with E-state index < -0.39 is 5.56 Å². The summed E-state index contributed by atoms with van der Waals surface area (Å²) in [6.07, 6.45) is 0. The number of H-pyrrole nitrogens is 2. The second kappa shape index (κ2) is 4.29. The molecule has 8 nitrogen and oxygen atoms in total. The first-order chi connectivity index (χ1) is 7.72. The molecule has 0 aromatic carbocycles. The van der Waals surface area contributed by atoms with Gasteiger partial charge in [-0.05, 0) is 0 Å². The van der Waals surface area contributed by atoms with E-state index in [4.69, 9.17) is 15.6 Å². The molecule has 0 spiro atoms. The fourth-order valence-corrected chi connectivity index (χ4v) is 1.31. The van der Waals surface area contributed by atoms with Gasteiger partial charge in [-0.2, -0.15) is 5.10 Å². The van der Waals surface area contributed by atoms with Crippen LogP contribution >= 0.6 is 0 Å². The van der Waals surface area contributed by atoms with Crippen molar-refractivity contribution >= 4 is 17.0 Å². The molecule has 86 valence electrons. The number of nitrogens with zero attached hydrogens (tertiary/aromatic N) is 2. The molecule has 8 heteroatoms. The van der Waals surface area contributed by atoms with Gasteiger partial charge in [0.25, 0.3) is 5.56 Å². The highest BCUT2D eigenvalue weighted by Gasteiger charge is 2.10. The number of nitrogens with one attached hydrogen (secondary N) is 2. The van der Waals surface area contributed by atoms with Gasteiger partial charge in [0.1, 0.15) is 5.52 Å². The van der Waals surface area contributed by atoms with Crippen molar-refractivity contribution in [2.24, 2.45) is 0 Å². The second-order valence-electron chi connectivity index (χ2n) is 3.13. The quantitative estimate of drug-likeness (QED) is 0.480. The third kappa shape index (κ3) is 1.88. The van der Waals surface area contributed by atoms with Crippen molar-refractivity contribution < 1.29 is 9.84 Å². The average molecular weight is 225 g/mol. The molecular weight excluding hydrogens is 214 g/mol. The number of aliphatic hydroxyl groups excluding tert-OH is 1. The lowest BCUT2D eigenvalue weighted by atomic mass is 10.3. The van der Waals surface area contributed by atoms with Gasteiger partial charge in [0.2, 0.25) is 5.95 Å². The van der Waals surface area contributed by atoms with E-state index in [1.165, 1.54) is 0 Å². The summed E-state index contributed by atoms with van der Waals surface area (Å²) >= 11 is 0. The largest absolute Gasteiger partial charge is 0.394 e. The van der Waals surface area contributed by atoms with Crippen molar-refractivity contribution in [3.63, 3.8) is 0 Å². The summed E-state index contributed by atoms with van der Waals surface area (Å²) in [5.41, 5.74) is 6.16. The molecule has 2 rings (SSSR count). The van der Waals surface area contributed by atoms with Crippen LogP contribution in [0.3, 0.4) is 0 Å². The predicted molar refractivity (Wildman–Crippen MR) is 55.7 cm³/mol. The van der Waals surface area contributed by atoms with Crippen LogP contribution in [-0.2, 0) is 11.3 Å². The SMILES string of the molecule is Nc1nc2c(COCCO)[nH]nc2c(=O)[nH]1. The van der Waals surface area contributed by atoms with E-state index in [9.17, 15) is 4.79 Å². The van der Waals surface area contributed by atoms with E-state index in [2.05, 4.69) is 20.2 Å². The molecule has 5 N–H and O–H groups in total. The van der Waals surface area contributed by atoms with Gasteiger partial charge in [-0.25, -0.2) is 4.98 Å². The van der Waals surface area contributed by atoms with Gasteiger partial charge in [0.05, 0.1) is 25.5 Å². The Bertz CT molecular complexity index is 546. The molecule has 0 atom stereocenters. The lowest BCUT2D eigenvalue weighted by Crippen LogP contribution is -2.11. The Morgan fingerprint density at radius 3 is 3.00 bits per heavy atom. The van der Waals surface area contributed by atoms with E-state index in [0.29, 0.717) is 11.2 Å². The Morgan fingerprint density at radius 1 is 1.44 bits per heavy atom. The van der Waals surface area contributed by atoms with Gasteiger partial charge in [-0.1, -0.05) is 0 Å². The Labute approximate surface area is 89.5 Å². The molecule has 0 saturated carbocycles. The Kier molecular flexibility index (Phi) is 2.84. The first-order valence-corrected chi connectivity index (χ1v) is 4.63. The minimum absolute atomic E-state index is 0.0299. The van der Waals surface area contributed by atoms with Gasteiger partial charge >= 0.3 is 0 Å². The highest BCUT2D eigenvalue weighted by Crippen LogP contribution is 2.10. The van der Waals surface area contributed by atoms with Crippen molar-refractivity contribution in [3.8, 4) is 0 Å². The second-order valence-corrected chi connectivity index (χ2v) is 3.13. The van der Waals surface area contributed by atoms with E-state index in [-0.39, 0.29) is 31.3 Å². The molecule has 0 amide bonds. The smallest absolute Gasteiger partial charge is 0.280 e. The summed E-state index contributed by atoms with van der Waals surface area (Å²) in [5, 5.41) is 15.0. The number of nitrogen functional groups attached to an aromatic ring is 1. The maximum absolute atomic E-state index is 11.4. The molecule has 0 bridgehead atoms. The number of hydrogen-bond donors (Lipinski definition) is 4. The highest BCUT2D eigenvalue weighted by atomic mass is 16.5. The molecule has 0 aliphatic carbocycles. The van der Waals surface area contributed by atoms with E-state index >= 15 is 0 Å². The van der Waals surface area contributed by atoms with Crippen molar-refractivity contribution in [2.45, 2.75) is 6.61 Å². The number of aliphatic hydroxyl groups is 1. The van der Waals surface area contributed by atoms with Gasteiger partial charge in [0.15, 0.2) is 5.52 Å². The van der Waals surface area contributed by atoms with Crippen molar-refractivity contribution in [3.05, 3.63) is 16.0 Å². The highest BCUT2D eigenvalue weighted by molar-refractivity contribution is 5.76. The minimum atomic E-state index is -0.396. The molecule has 0 radical (unpaired) electrons. The third-order valence-electron chi connectivity index (χ3n) is 1.98. The third-order valence-corrected chi connectivity index (χ3v) is 1.98. The number of hydrogen-bond acceptors (Lipinski definition) is 6. The maximum Gasteiger partial charge on any atom is 0.280 e. The monoisotopic (exact) mass is 225 g/mol. The molecule has 16 heavy (non-hydrogen) atoms. The molecule has 2 heterocycles. The maximum atomic E-state index is 11.4. The van der Waals surface area contributed by atoms with Crippen molar-refractivity contribution in [1.82, 2.24) is 20.2 Å². The van der Waals surface area contributed by atoms with Gasteiger partial charge in [-0.15, -0.1) is 0 Å². The summed E-state index contributed by atoms with van der Waals surface area (Å²) in [7, 11) is 0. The van der Waals surface area contributed by atoms with Crippen LogP contribution in [0.5, 0.6) is 0 Å². The molecule has 0 aliphatic heterocycles. The fourth-order valence-electron chi connectivity index (χ4n) is 1.31. The number of ether oxygens (including phenoxy) is 1. The summed E-state index contributed by atoms with van der Waals surface area (Å²) in [6, 6.07) is 0. The normalized spacial score (nSPS) is 11.1. The van der Waals surface area contributed by atoms with Crippen LogP contribution in [0.2, 0.25) is 0 Å². The lowest BCUT2D eigenvalue weighted by molar-refractivity contribution is 0.0802. The molecule has 2 aromatic rings. The first kappa shape index (κ1) is 10.6. The van der Waals surface area contributed by atoms with E-state index in [1.807, 2.05) is 0 Å². The number of aromatic nitrogens is 4. The number of fused-ring (bicyclic) bond motifs is 1. The zero-order chi connectivity index (χ0) is 11.5. The predicted octanol–water partition coefficient (Wildman–Crippen LogP) is -1.26. The average Bonchev–Trinajstić information content (AvgIpc) is 2.62. The van der Waals surface area contributed by atoms with Crippen molar-refractivity contribution in [1.29, 1.82) is 0 Å². The van der Waals surface area contributed by atoms with E-state index in [0.717, 1.165) is 0 Å². The van der Waals surface area contributed by atoms with E-state index in [1.54, 1.807) is 0 Å². The van der Waals surface area contributed by atoms with Crippen LogP contribution in [0.15, 0.2) is 4.79 Å². The van der Waals surface area contributed by atoms with Crippen LogP contribution in [0.25, 0.3) is 11.0 Å². The number of rotatable bonds is 4. The summed E-state index contributed by atoms with van der Waals surface area (Å²) in [4.78, 5) is 17.7. The summed E-state index contributed by atoms with van der Waals surface area (Å²) < 4.78 is 5.10. The zero-order valence-electron chi connectivity index (χ0n) is 8.36. The van der Waals surface area contributed by atoms with Gasteiger partial charge in [-0.3, -0.25) is 14.9 Å². The summed E-state index contributed by atoms with van der Waals surface area (Å²) in [5.74, 6) is 0.0299. The van der Waals surface area contributed by atoms with Crippen LogP contribution < -0.4 is 11.3 Å². The number of nitrogens with two attached hydrogens (primary N) is 1. The van der Waals surface area contributed by atoms with Gasteiger partial charge < -0.3 is 15.6 Å². The lowest BCUT2D eigenvalue weighted by Gasteiger charge is -1.99. The topological polar surface area (TPSA) is 130 Å². The Hall–Kier alpha value is -1.93. The molecule has 2 aromatic heterocycles. The van der Waals surface area contributed by atoms with Crippen LogP contribution in [0.4, 0.5) is 5.95 Å². The Balaban J connectivity index is 2.36. The molecule has 0 fully saturated rings. The van der Waals surface area contributed by atoms with Crippen LogP contribution in [0.1, 0.15) is 5.69 Å². The first-order valence-electron chi connectivity index (χ1n) is 4.63. The summed E-state index contributed by atoms with van der Waals surface area (Å²) in [6.45, 7) is 0.328. The van der Waals surface area contributed by atoms with Crippen LogP contribution in [0, 0.1) is 0 Å². The standard InChI is InChI=1S/C8H11N5O3/c9-8-10-5-4(3-16-2-1-14)12-13-6(5)7(15)11-8/h14H,1-3H2,(H,12,13)(H3,9,10,11,15). The number of anilines is 1. The molecule has 0 aliphatic rings. The van der Waals surface area contributed by atoms with Gasteiger partial charge in [0, 0.05) is 0 Å². The molecular formula is C8H11N5O3. The van der Waals surface area contributed by atoms with Crippen molar-refractivity contribution in [2.75, 3.05) is 18.9 Å². The molecule has 0 unspecified atom stereocenters. The fraction of sp³-hybridized carbons (Fsp3) is 0.375. The molecule has 0 saturated heterocycles. The zero-order valence-corrected chi connectivity index (χ0v) is 8.36. The Morgan fingerprint density at radius 2 is 2.25 bits per heavy atom.